The molecule has 3 aromatic rings. The molecule has 0 N–H and O–H groups in total. The van der Waals surface area contributed by atoms with Gasteiger partial charge in [0.2, 0.25) is 5.41 Å². The Kier molecular flexibility index (Phi) is 4.92. The fourth-order valence-corrected chi connectivity index (χ4v) is 2.84. The highest BCUT2D eigenvalue weighted by Crippen LogP contribution is 2.31. The molecule has 0 spiro atoms. The van der Waals surface area contributed by atoms with Crippen LogP contribution in [-0.4, -0.2) is 4.98 Å². The monoisotopic (exact) mass is 335 g/mol. The lowest BCUT2D eigenvalue weighted by molar-refractivity contribution is 0.841. The third kappa shape index (κ3) is 3.24. The van der Waals surface area contributed by atoms with Crippen molar-refractivity contribution in [2.24, 2.45) is 0 Å². The smallest absolute Gasteiger partial charge is 0.203 e. The summed E-state index contributed by atoms with van der Waals surface area (Å²) in [6, 6.07) is 27.7. The molecule has 0 unspecified atom stereocenters. The minimum Gasteiger partial charge on any atom is -0.250 e. The van der Waals surface area contributed by atoms with Crippen molar-refractivity contribution in [1.82, 2.24) is 4.98 Å². The second kappa shape index (κ2) is 7.47. The maximum absolute atomic E-state index is 9.72. The van der Waals surface area contributed by atoms with Gasteiger partial charge in [-0.15, -0.1) is 0 Å². The Labute approximate surface area is 153 Å². The van der Waals surface area contributed by atoms with Crippen LogP contribution < -0.4 is 0 Å². The predicted octanol–water partition coefficient (Wildman–Crippen LogP) is 5.28. The molecule has 1 aromatic heterocycles. The van der Waals surface area contributed by atoms with E-state index in [-0.39, 0.29) is 0 Å². The first kappa shape index (κ1) is 17.1. The first-order valence-electron chi connectivity index (χ1n) is 8.32. The minimum absolute atomic E-state index is 0.431. The Morgan fingerprint density at radius 2 is 1.38 bits per heavy atom. The number of nitriles is 2. The van der Waals surface area contributed by atoms with Crippen molar-refractivity contribution in [3.8, 4) is 34.5 Å². The lowest BCUT2D eigenvalue weighted by atomic mass is 9.85. The zero-order valence-corrected chi connectivity index (χ0v) is 14.4. The second-order valence-corrected chi connectivity index (χ2v) is 5.89. The highest BCUT2D eigenvalue weighted by molar-refractivity contribution is 5.72. The van der Waals surface area contributed by atoms with Gasteiger partial charge in [-0.1, -0.05) is 66.7 Å². The van der Waals surface area contributed by atoms with Crippen molar-refractivity contribution in [2.45, 2.75) is 12.3 Å². The largest absolute Gasteiger partial charge is 0.250 e. The number of nitrogens with zero attached hydrogens (tertiary/aromatic N) is 3. The average Bonchev–Trinajstić information content (AvgIpc) is 2.73. The summed E-state index contributed by atoms with van der Waals surface area (Å²) in [6.07, 6.45) is 3.31. The Balaban J connectivity index is 2.29. The molecular weight excluding hydrogens is 318 g/mol. The van der Waals surface area contributed by atoms with E-state index in [1.165, 1.54) is 0 Å². The molecule has 0 aliphatic carbocycles. The SMILES string of the molecule is CC=CC(C#N)(C#N)c1cc(-c2ccccc2)cc(-c2ccccc2)n1. The molecule has 0 saturated carbocycles. The summed E-state index contributed by atoms with van der Waals surface area (Å²) in [5.74, 6) is 0. The molecule has 26 heavy (non-hydrogen) atoms. The fourth-order valence-electron chi connectivity index (χ4n) is 2.84. The van der Waals surface area contributed by atoms with Crippen LogP contribution in [-0.2, 0) is 5.41 Å². The average molecular weight is 335 g/mol. The highest BCUT2D eigenvalue weighted by atomic mass is 14.7. The Morgan fingerprint density at radius 3 is 1.92 bits per heavy atom. The van der Waals surface area contributed by atoms with Gasteiger partial charge in [0.05, 0.1) is 23.5 Å². The van der Waals surface area contributed by atoms with E-state index in [0.29, 0.717) is 5.69 Å². The van der Waals surface area contributed by atoms with Gasteiger partial charge in [0, 0.05) is 5.56 Å². The van der Waals surface area contributed by atoms with Gasteiger partial charge in [0.25, 0.3) is 0 Å². The van der Waals surface area contributed by atoms with Crippen LogP contribution in [0, 0.1) is 22.7 Å². The van der Waals surface area contributed by atoms with Crippen molar-refractivity contribution in [3.05, 3.63) is 90.6 Å². The van der Waals surface area contributed by atoms with Crippen LogP contribution in [0.15, 0.2) is 84.9 Å². The number of pyridine rings is 1. The summed E-state index contributed by atoms with van der Waals surface area (Å²) in [4.78, 5) is 4.67. The van der Waals surface area contributed by atoms with Gasteiger partial charge >= 0.3 is 0 Å². The third-order valence-corrected chi connectivity index (χ3v) is 4.18. The molecule has 0 bridgehead atoms. The van der Waals surface area contributed by atoms with Crippen LogP contribution >= 0.6 is 0 Å². The van der Waals surface area contributed by atoms with E-state index < -0.39 is 5.41 Å². The van der Waals surface area contributed by atoms with Gasteiger partial charge in [-0.05, 0) is 36.3 Å². The molecule has 3 rings (SSSR count). The van der Waals surface area contributed by atoms with Crippen LogP contribution in [0.3, 0.4) is 0 Å². The van der Waals surface area contributed by atoms with Gasteiger partial charge in [0.1, 0.15) is 0 Å². The Morgan fingerprint density at radius 1 is 0.808 bits per heavy atom. The molecule has 0 radical (unpaired) electrons. The summed E-state index contributed by atoms with van der Waals surface area (Å²) in [6.45, 7) is 1.79. The van der Waals surface area contributed by atoms with Gasteiger partial charge in [-0.3, -0.25) is 0 Å². The van der Waals surface area contributed by atoms with Crippen LogP contribution in [0.1, 0.15) is 12.6 Å². The number of hydrogen-bond donors (Lipinski definition) is 0. The van der Waals surface area contributed by atoms with Gasteiger partial charge in [-0.25, -0.2) is 4.98 Å². The van der Waals surface area contributed by atoms with E-state index in [2.05, 4.69) is 17.1 Å². The summed E-state index contributed by atoms with van der Waals surface area (Å²) >= 11 is 0. The van der Waals surface area contributed by atoms with Crippen molar-refractivity contribution >= 4 is 0 Å². The van der Waals surface area contributed by atoms with Crippen molar-refractivity contribution in [2.75, 3.05) is 0 Å². The standard InChI is InChI=1S/C23H17N3/c1-2-13-23(16-24,17-25)22-15-20(18-9-5-3-6-10-18)14-21(26-22)19-11-7-4-8-12-19/h2-15H,1H3. The number of benzene rings is 2. The van der Waals surface area contributed by atoms with E-state index in [4.69, 9.17) is 0 Å². The van der Waals surface area contributed by atoms with Gasteiger partial charge in [0.15, 0.2) is 0 Å². The number of hydrogen-bond acceptors (Lipinski definition) is 3. The van der Waals surface area contributed by atoms with Gasteiger partial charge in [-0.2, -0.15) is 10.5 Å². The van der Waals surface area contributed by atoms with Crippen LogP contribution in [0.2, 0.25) is 0 Å². The fraction of sp³-hybridized carbons (Fsp3) is 0.0870. The lowest BCUT2D eigenvalue weighted by Gasteiger charge is -2.17. The first-order valence-corrected chi connectivity index (χ1v) is 8.32. The van der Waals surface area contributed by atoms with Crippen LogP contribution in [0.4, 0.5) is 0 Å². The van der Waals surface area contributed by atoms with Crippen molar-refractivity contribution < 1.29 is 0 Å². The van der Waals surface area contributed by atoms with Crippen LogP contribution in [0.25, 0.3) is 22.4 Å². The van der Waals surface area contributed by atoms with E-state index in [9.17, 15) is 10.5 Å². The number of aromatic nitrogens is 1. The molecule has 0 aliphatic rings. The topological polar surface area (TPSA) is 60.5 Å². The zero-order chi connectivity index (χ0) is 18.4. The molecule has 3 heteroatoms. The second-order valence-electron chi connectivity index (χ2n) is 5.89. The lowest BCUT2D eigenvalue weighted by Crippen LogP contribution is -2.21. The van der Waals surface area contributed by atoms with E-state index in [1.807, 2.05) is 72.8 Å². The Hall–Kier alpha value is -3.69. The molecule has 0 fully saturated rings. The van der Waals surface area contributed by atoms with E-state index >= 15 is 0 Å². The summed E-state index contributed by atoms with van der Waals surface area (Å²) in [5, 5.41) is 19.4. The summed E-state index contributed by atoms with van der Waals surface area (Å²) < 4.78 is 0. The van der Waals surface area contributed by atoms with Crippen molar-refractivity contribution in [1.29, 1.82) is 10.5 Å². The number of rotatable bonds is 4. The van der Waals surface area contributed by atoms with E-state index in [1.54, 1.807) is 19.1 Å². The zero-order valence-electron chi connectivity index (χ0n) is 14.4. The molecular formula is C23H17N3. The summed E-state index contributed by atoms with van der Waals surface area (Å²) in [5.41, 5.74) is 2.63. The quantitative estimate of drug-likeness (QED) is 0.610. The maximum Gasteiger partial charge on any atom is 0.203 e. The highest BCUT2D eigenvalue weighted by Gasteiger charge is 2.32. The molecule has 0 amide bonds. The molecule has 0 saturated heterocycles. The molecule has 2 aromatic carbocycles. The molecule has 0 atom stereocenters. The number of allylic oxidation sites excluding steroid dienone is 2. The van der Waals surface area contributed by atoms with Gasteiger partial charge < -0.3 is 0 Å². The molecule has 0 aliphatic heterocycles. The molecule has 1 heterocycles. The predicted molar refractivity (Wildman–Crippen MR) is 103 cm³/mol. The third-order valence-electron chi connectivity index (χ3n) is 4.18. The normalized spacial score (nSPS) is 11.0. The molecule has 3 nitrogen and oxygen atoms in total. The van der Waals surface area contributed by atoms with Crippen LogP contribution in [0.5, 0.6) is 0 Å². The van der Waals surface area contributed by atoms with Crippen molar-refractivity contribution in [3.63, 3.8) is 0 Å². The van der Waals surface area contributed by atoms with E-state index in [0.717, 1.165) is 22.4 Å². The molecule has 124 valence electrons. The minimum atomic E-state index is -1.41. The maximum atomic E-state index is 9.72. The summed E-state index contributed by atoms with van der Waals surface area (Å²) in [7, 11) is 0. The Bertz CT molecular complexity index is 935. The first-order chi connectivity index (χ1) is 12.7.